The standard InChI is InChI=1S/C22H31N3OS/c1-18-9-13-24(14-10-18)11-5-12-25(17-21-8-4-15-26-21)22(27)23-20-7-3-6-19(2)16-20/h3-4,6-8,15-16,18H,5,9-14,17H2,1-2H3,(H,23,27). The summed E-state index contributed by atoms with van der Waals surface area (Å²) in [7, 11) is 0. The van der Waals surface area contributed by atoms with Crippen LogP contribution in [-0.4, -0.2) is 41.1 Å². The lowest BCUT2D eigenvalue weighted by Crippen LogP contribution is -2.38. The van der Waals surface area contributed by atoms with Gasteiger partial charge in [-0.25, -0.2) is 0 Å². The van der Waals surface area contributed by atoms with Gasteiger partial charge in [-0.1, -0.05) is 19.1 Å². The summed E-state index contributed by atoms with van der Waals surface area (Å²) in [6.45, 7) is 9.66. The lowest BCUT2D eigenvalue weighted by Gasteiger charge is -2.31. The van der Waals surface area contributed by atoms with Gasteiger partial charge in [0.05, 0.1) is 12.8 Å². The maximum Gasteiger partial charge on any atom is 0.173 e. The first-order valence-electron chi connectivity index (χ1n) is 9.97. The summed E-state index contributed by atoms with van der Waals surface area (Å²) in [5.41, 5.74) is 2.26. The van der Waals surface area contributed by atoms with E-state index in [0.717, 1.165) is 42.0 Å². The molecule has 27 heavy (non-hydrogen) atoms. The van der Waals surface area contributed by atoms with Crippen molar-refractivity contribution in [3.63, 3.8) is 0 Å². The molecule has 5 heteroatoms. The monoisotopic (exact) mass is 385 g/mol. The zero-order valence-electron chi connectivity index (χ0n) is 16.5. The Morgan fingerprint density at radius 2 is 2.07 bits per heavy atom. The predicted octanol–water partition coefficient (Wildman–Crippen LogP) is 4.91. The van der Waals surface area contributed by atoms with Crippen LogP contribution in [0.2, 0.25) is 0 Å². The second-order valence-corrected chi connectivity index (χ2v) is 8.06. The first-order valence-corrected chi connectivity index (χ1v) is 10.4. The number of likely N-dealkylation sites (tertiary alicyclic amines) is 1. The number of piperidine rings is 1. The number of furan rings is 1. The van der Waals surface area contributed by atoms with Gasteiger partial charge in [0, 0.05) is 12.2 Å². The van der Waals surface area contributed by atoms with Gasteiger partial charge < -0.3 is 19.5 Å². The van der Waals surface area contributed by atoms with Gasteiger partial charge in [0.2, 0.25) is 0 Å². The van der Waals surface area contributed by atoms with Crippen molar-refractivity contribution in [2.24, 2.45) is 5.92 Å². The average Bonchev–Trinajstić information content (AvgIpc) is 3.15. The maximum absolute atomic E-state index is 5.72. The molecule has 0 saturated carbocycles. The van der Waals surface area contributed by atoms with Crippen molar-refractivity contribution in [3.05, 3.63) is 54.0 Å². The Hall–Kier alpha value is -1.85. The molecule has 4 nitrogen and oxygen atoms in total. The highest BCUT2D eigenvalue weighted by molar-refractivity contribution is 7.80. The summed E-state index contributed by atoms with van der Waals surface area (Å²) in [4.78, 5) is 4.80. The molecule has 1 aliphatic heterocycles. The quantitative estimate of drug-likeness (QED) is 0.685. The summed E-state index contributed by atoms with van der Waals surface area (Å²) in [6.07, 6.45) is 5.47. The van der Waals surface area contributed by atoms with Gasteiger partial charge in [0.25, 0.3) is 0 Å². The lowest BCUT2D eigenvalue weighted by atomic mass is 9.99. The molecule has 0 aliphatic carbocycles. The number of anilines is 1. The number of nitrogens with one attached hydrogen (secondary N) is 1. The van der Waals surface area contributed by atoms with Crippen LogP contribution in [0.5, 0.6) is 0 Å². The highest BCUT2D eigenvalue weighted by atomic mass is 32.1. The Morgan fingerprint density at radius 1 is 1.26 bits per heavy atom. The Labute approximate surface area is 168 Å². The van der Waals surface area contributed by atoms with E-state index in [9.17, 15) is 0 Å². The van der Waals surface area contributed by atoms with Gasteiger partial charge >= 0.3 is 0 Å². The van der Waals surface area contributed by atoms with Gasteiger partial charge in [-0.2, -0.15) is 0 Å². The Kier molecular flexibility index (Phi) is 7.30. The molecule has 0 radical (unpaired) electrons. The third-order valence-electron chi connectivity index (χ3n) is 5.26. The van der Waals surface area contributed by atoms with Crippen LogP contribution in [0.15, 0.2) is 47.1 Å². The molecule has 0 bridgehead atoms. The topological polar surface area (TPSA) is 31.6 Å². The van der Waals surface area contributed by atoms with Gasteiger partial charge in [-0.15, -0.1) is 0 Å². The number of rotatable bonds is 7. The van der Waals surface area contributed by atoms with Crippen LogP contribution in [0, 0.1) is 12.8 Å². The number of hydrogen-bond acceptors (Lipinski definition) is 3. The van der Waals surface area contributed by atoms with Crippen molar-refractivity contribution in [1.82, 2.24) is 9.80 Å². The fourth-order valence-corrected chi connectivity index (χ4v) is 3.81. The normalized spacial score (nSPS) is 15.6. The van der Waals surface area contributed by atoms with E-state index in [2.05, 4.69) is 53.2 Å². The Morgan fingerprint density at radius 3 is 2.78 bits per heavy atom. The van der Waals surface area contributed by atoms with E-state index < -0.39 is 0 Å². The zero-order chi connectivity index (χ0) is 19.1. The van der Waals surface area contributed by atoms with E-state index in [4.69, 9.17) is 16.6 Å². The molecule has 1 aliphatic rings. The number of nitrogens with zero attached hydrogens (tertiary/aromatic N) is 2. The Bertz CT molecular complexity index is 708. The number of hydrogen-bond donors (Lipinski definition) is 1. The van der Waals surface area contributed by atoms with Crippen molar-refractivity contribution in [3.8, 4) is 0 Å². The molecular weight excluding hydrogens is 354 g/mol. The smallest absolute Gasteiger partial charge is 0.173 e. The molecule has 1 aromatic heterocycles. The highest BCUT2D eigenvalue weighted by Gasteiger charge is 2.17. The number of thiocarbonyl (C=S) groups is 1. The highest BCUT2D eigenvalue weighted by Crippen LogP contribution is 2.17. The van der Waals surface area contributed by atoms with Crippen molar-refractivity contribution < 1.29 is 4.42 Å². The molecule has 0 atom stereocenters. The third kappa shape index (κ3) is 6.36. The van der Waals surface area contributed by atoms with E-state index in [0.29, 0.717) is 6.54 Å². The van der Waals surface area contributed by atoms with Crippen LogP contribution in [0.25, 0.3) is 0 Å². The van der Waals surface area contributed by atoms with Crippen LogP contribution in [0.1, 0.15) is 37.5 Å². The zero-order valence-corrected chi connectivity index (χ0v) is 17.3. The first kappa shape index (κ1) is 19.9. The van der Waals surface area contributed by atoms with Gasteiger partial charge in [-0.3, -0.25) is 0 Å². The van der Waals surface area contributed by atoms with Crippen LogP contribution in [0.3, 0.4) is 0 Å². The van der Waals surface area contributed by atoms with Gasteiger partial charge in [-0.05, 0) is 93.8 Å². The molecule has 2 aromatic rings. The lowest BCUT2D eigenvalue weighted by molar-refractivity contribution is 0.185. The second kappa shape index (κ2) is 9.90. The fraction of sp³-hybridized carbons (Fsp3) is 0.500. The average molecular weight is 386 g/mol. The van der Waals surface area contributed by atoms with Gasteiger partial charge in [0.15, 0.2) is 5.11 Å². The maximum atomic E-state index is 5.72. The van der Waals surface area contributed by atoms with E-state index >= 15 is 0 Å². The minimum atomic E-state index is 0.696. The third-order valence-corrected chi connectivity index (χ3v) is 5.62. The molecule has 1 aromatic carbocycles. The summed E-state index contributed by atoms with van der Waals surface area (Å²) in [5.74, 6) is 1.82. The SMILES string of the molecule is Cc1cccc(NC(=S)N(CCCN2CCC(C)CC2)Cc2ccco2)c1. The summed E-state index contributed by atoms with van der Waals surface area (Å²) in [6, 6.07) is 12.3. The second-order valence-electron chi connectivity index (χ2n) is 7.68. The minimum Gasteiger partial charge on any atom is -0.467 e. The van der Waals surface area contributed by atoms with Crippen LogP contribution < -0.4 is 5.32 Å². The number of benzene rings is 1. The van der Waals surface area contributed by atoms with E-state index in [1.165, 1.54) is 31.5 Å². The number of aryl methyl sites for hydroxylation is 1. The van der Waals surface area contributed by atoms with Crippen LogP contribution in [-0.2, 0) is 6.54 Å². The summed E-state index contributed by atoms with van der Waals surface area (Å²) < 4.78 is 5.55. The van der Waals surface area contributed by atoms with Crippen molar-refractivity contribution in [2.45, 2.75) is 39.7 Å². The van der Waals surface area contributed by atoms with Crippen molar-refractivity contribution in [1.29, 1.82) is 0 Å². The van der Waals surface area contributed by atoms with E-state index in [1.807, 2.05) is 12.1 Å². The molecule has 146 valence electrons. The Balaban J connectivity index is 1.55. The minimum absolute atomic E-state index is 0.696. The molecule has 1 N–H and O–H groups in total. The summed E-state index contributed by atoms with van der Waals surface area (Å²) >= 11 is 5.72. The van der Waals surface area contributed by atoms with Gasteiger partial charge in [0.1, 0.15) is 5.76 Å². The molecular formula is C22H31N3OS. The largest absolute Gasteiger partial charge is 0.467 e. The predicted molar refractivity (Wildman–Crippen MR) is 116 cm³/mol. The molecule has 2 heterocycles. The van der Waals surface area contributed by atoms with Crippen LogP contribution in [0.4, 0.5) is 5.69 Å². The van der Waals surface area contributed by atoms with Crippen molar-refractivity contribution >= 4 is 23.0 Å². The van der Waals surface area contributed by atoms with Crippen molar-refractivity contribution in [2.75, 3.05) is 31.5 Å². The fourth-order valence-electron chi connectivity index (χ4n) is 3.54. The van der Waals surface area contributed by atoms with E-state index in [-0.39, 0.29) is 0 Å². The summed E-state index contributed by atoms with van der Waals surface area (Å²) in [5, 5.41) is 4.15. The molecule has 1 saturated heterocycles. The molecule has 3 rings (SSSR count). The molecule has 0 amide bonds. The molecule has 0 unspecified atom stereocenters. The van der Waals surface area contributed by atoms with E-state index in [1.54, 1.807) is 6.26 Å². The molecule has 1 fully saturated rings. The van der Waals surface area contributed by atoms with Crippen LogP contribution >= 0.6 is 12.2 Å². The molecule has 0 spiro atoms. The first-order chi connectivity index (χ1) is 13.1.